The zero-order chi connectivity index (χ0) is 13.9. The van der Waals surface area contributed by atoms with Crippen LogP contribution >= 0.6 is 0 Å². The fraction of sp³-hybridized carbons (Fsp3) is 0.600. The van der Waals surface area contributed by atoms with Gasteiger partial charge < -0.3 is 10.4 Å². The van der Waals surface area contributed by atoms with E-state index < -0.39 is 17.7 Å². The fourth-order valence-corrected chi connectivity index (χ4v) is 2.80. The number of nitrogens with one attached hydrogen (secondary N) is 1. The average molecular weight is 269 g/mol. The zero-order valence-corrected chi connectivity index (χ0v) is 11.3. The van der Waals surface area contributed by atoms with Crippen molar-refractivity contribution in [2.75, 3.05) is 13.1 Å². The Bertz CT molecular complexity index is 430. The minimum atomic E-state index is -0.939. The highest BCUT2D eigenvalue weighted by atomic mass is 19.1. The lowest BCUT2D eigenvalue weighted by Gasteiger charge is -2.24. The topological polar surface area (TPSA) is 32.3 Å². The number of halogens is 2. The predicted molar refractivity (Wildman–Crippen MR) is 70.8 cm³/mol. The van der Waals surface area contributed by atoms with E-state index in [1.165, 1.54) is 37.8 Å². The number of hydrogen-bond acceptors (Lipinski definition) is 2. The fourth-order valence-electron chi connectivity index (χ4n) is 2.80. The number of rotatable bonds is 5. The quantitative estimate of drug-likeness (QED) is 0.860. The molecule has 0 amide bonds. The summed E-state index contributed by atoms with van der Waals surface area (Å²) in [6, 6.07) is 3.27. The normalized spacial score (nSPS) is 19.6. The van der Waals surface area contributed by atoms with Gasteiger partial charge in [0.25, 0.3) is 0 Å². The highest BCUT2D eigenvalue weighted by Crippen LogP contribution is 2.36. The summed E-state index contributed by atoms with van der Waals surface area (Å²) >= 11 is 0. The average Bonchev–Trinajstić information content (AvgIpc) is 2.76. The van der Waals surface area contributed by atoms with Crippen LogP contribution in [0.2, 0.25) is 0 Å². The van der Waals surface area contributed by atoms with Gasteiger partial charge in [0.05, 0.1) is 6.10 Å². The first-order valence-corrected chi connectivity index (χ1v) is 6.84. The molecule has 1 saturated carbocycles. The molecule has 0 heterocycles. The Morgan fingerprint density at radius 1 is 1.32 bits per heavy atom. The van der Waals surface area contributed by atoms with E-state index in [9.17, 15) is 13.9 Å². The molecule has 1 fully saturated rings. The second-order valence-corrected chi connectivity index (χ2v) is 5.83. The maximum absolute atomic E-state index is 13.5. The number of benzene rings is 1. The minimum absolute atomic E-state index is 0.144. The van der Waals surface area contributed by atoms with Crippen molar-refractivity contribution in [3.8, 4) is 0 Å². The predicted octanol–water partition coefficient (Wildman–Crippen LogP) is 3.17. The van der Waals surface area contributed by atoms with Gasteiger partial charge in [0.1, 0.15) is 11.6 Å². The smallest absolute Gasteiger partial charge is 0.131 e. The summed E-state index contributed by atoms with van der Waals surface area (Å²) in [5, 5.41) is 13.1. The molecule has 2 nitrogen and oxygen atoms in total. The molecule has 0 aromatic heterocycles. The molecule has 2 rings (SSSR count). The number of aliphatic hydroxyl groups is 1. The summed E-state index contributed by atoms with van der Waals surface area (Å²) in [7, 11) is 0. The Balaban J connectivity index is 1.85. The lowest BCUT2D eigenvalue weighted by molar-refractivity contribution is 0.162. The Labute approximate surface area is 112 Å². The first kappa shape index (κ1) is 14.4. The van der Waals surface area contributed by atoms with Gasteiger partial charge in [0.15, 0.2) is 0 Å². The molecule has 1 aliphatic rings. The van der Waals surface area contributed by atoms with Gasteiger partial charge in [0.2, 0.25) is 0 Å². The molecule has 2 N–H and O–H groups in total. The molecule has 1 aromatic rings. The summed E-state index contributed by atoms with van der Waals surface area (Å²) in [6.07, 6.45) is 3.97. The standard InChI is InChI=1S/C15H21F2NO/c1-15(6-2-3-7-15)10-18-9-14(19)12-5-4-11(16)8-13(12)17/h4-5,8,14,18-19H,2-3,6-7,9-10H2,1H3. The van der Waals surface area contributed by atoms with E-state index in [0.717, 1.165) is 12.6 Å². The van der Waals surface area contributed by atoms with E-state index >= 15 is 0 Å². The van der Waals surface area contributed by atoms with E-state index in [1.807, 2.05) is 0 Å². The third kappa shape index (κ3) is 3.74. The second kappa shape index (κ2) is 5.97. The lowest BCUT2D eigenvalue weighted by atomic mass is 9.89. The lowest BCUT2D eigenvalue weighted by Crippen LogP contribution is -2.32. The van der Waals surface area contributed by atoms with Crippen molar-refractivity contribution in [3.63, 3.8) is 0 Å². The molecule has 19 heavy (non-hydrogen) atoms. The maximum atomic E-state index is 13.5. The second-order valence-electron chi connectivity index (χ2n) is 5.83. The van der Waals surface area contributed by atoms with Crippen LogP contribution in [0.1, 0.15) is 44.3 Å². The summed E-state index contributed by atoms with van der Waals surface area (Å²) in [6.45, 7) is 3.35. The molecule has 106 valence electrons. The van der Waals surface area contributed by atoms with Crippen LogP contribution in [-0.2, 0) is 0 Å². The van der Waals surface area contributed by atoms with Gasteiger partial charge in [0, 0.05) is 24.7 Å². The molecule has 0 saturated heterocycles. The summed E-state index contributed by atoms with van der Waals surface area (Å²) in [5.41, 5.74) is 0.437. The van der Waals surface area contributed by atoms with E-state index in [-0.39, 0.29) is 12.1 Å². The Morgan fingerprint density at radius 2 is 2.00 bits per heavy atom. The minimum Gasteiger partial charge on any atom is -0.387 e. The molecular formula is C15H21F2NO. The van der Waals surface area contributed by atoms with Gasteiger partial charge in [-0.2, -0.15) is 0 Å². The van der Waals surface area contributed by atoms with Crippen molar-refractivity contribution in [2.24, 2.45) is 5.41 Å². The van der Waals surface area contributed by atoms with Crippen molar-refractivity contribution in [1.29, 1.82) is 0 Å². The zero-order valence-electron chi connectivity index (χ0n) is 11.3. The van der Waals surface area contributed by atoms with Crippen molar-refractivity contribution in [1.82, 2.24) is 5.32 Å². The van der Waals surface area contributed by atoms with Crippen LogP contribution in [0.3, 0.4) is 0 Å². The van der Waals surface area contributed by atoms with Crippen LogP contribution in [0.5, 0.6) is 0 Å². The SMILES string of the molecule is CC1(CNCC(O)c2ccc(F)cc2F)CCCC1. The summed E-state index contributed by atoms with van der Waals surface area (Å²) in [5.74, 6) is -1.32. The van der Waals surface area contributed by atoms with Gasteiger partial charge in [-0.05, 0) is 24.3 Å². The van der Waals surface area contributed by atoms with Crippen molar-refractivity contribution in [2.45, 2.75) is 38.7 Å². The van der Waals surface area contributed by atoms with Gasteiger partial charge in [-0.3, -0.25) is 0 Å². The first-order valence-electron chi connectivity index (χ1n) is 6.84. The van der Waals surface area contributed by atoms with Crippen molar-refractivity contribution in [3.05, 3.63) is 35.4 Å². The van der Waals surface area contributed by atoms with Gasteiger partial charge in [-0.25, -0.2) is 8.78 Å². The van der Waals surface area contributed by atoms with Crippen LogP contribution in [0.4, 0.5) is 8.78 Å². The molecule has 0 radical (unpaired) electrons. The molecule has 0 aliphatic heterocycles. The summed E-state index contributed by atoms with van der Waals surface area (Å²) in [4.78, 5) is 0. The van der Waals surface area contributed by atoms with Crippen LogP contribution in [-0.4, -0.2) is 18.2 Å². The Morgan fingerprint density at radius 3 is 2.63 bits per heavy atom. The molecule has 0 bridgehead atoms. The van der Waals surface area contributed by atoms with Gasteiger partial charge in [-0.1, -0.05) is 25.8 Å². The van der Waals surface area contributed by atoms with Crippen LogP contribution < -0.4 is 5.32 Å². The third-order valence-electron chi connectivity index (χ3n) is 4.02. The van der Waals surface area contributed by atoms with E-state index in [0.29, 0.717) is 5.41 Å². The Hall–Kier alpha value is -1.00. The van der Waals surface area contributed by atoms with Crippen LogP contribution in [0.15, 0.2) is 18.2 Å². The third-order valence-corrected chi connectivity index (χ3v) is 4.02. The highest BCUT2D eigenvalue weighted by Gasteiger charge is 2.28. The van der Waals surface area contributed by atoms with Gasteiger partial charge >= 0.3 is 0 Å². The maximum Gasteiger partial charge on any atom is 0.131 e. The Kier molecular flexibility index (Phi) is 4.53. The van der Waals surface area contributed by atoms with Gasteiger partial charge in [-0.15, -0.1) is 0 Å². The molecule has 0 spiro atoms. The van der Waals surface area contributed by atoms with Crippen molar-refractivity contribution >= 4 is 0 Å². The first-order chi connectivity index (χ1) is 9.00. The molecular weight excluding hydrogens is 248 g/mol. The molecule has 4 heteroatoms. The van der Waals surface area contributed by atoms with Crippen LogP contribution in [0, 0.1) is 17.0 Å². The summed E-state index contributed by atoms with van der Waals surface area (Å²) < 4.78 is 26.3. The monoisotopic (exact) mass is 269 g/mol. The largest absolute Gasteiger partial charge is 0.387 e. The highest BCUT2D eigenvalue weighted by molar-refractivity contribution is 5.21. The van der Waals surface area contributed by atoms with Crippen LogP contribution in [0.25, 0.3) is 0 Å². The van der Waals surface area contributed by atoms with E-state index in [1.54, 1.807) is 0 Å². The number of hydrogen-bond donors (Lipinski definition) is 2. The molecule has 1 atom stereocenters. The van der Waals surface area contributed by atoms with Crippen molar-refractivity contribution < 1.29 is 13.9 Å². The van der Waals surface area contributed by atoms with E-state index in [4.69, 9.17) is 0 Å². The van der Waals surface area contributed by atoms with E-state index in [2.05, 4.69) is 12.2 Å². The molecule has 1 unspecified atom stereocenters. The molecule has 1 aromatic carbocycles. The molecule has 1 aliphatic carbocycles. The number of aliphatic hydroxyl groups excluding tert-OH is 1.